The van der Waals surface area contributed by atoms with Gasteiger partial charge in [-0.2, -0.15) is 0 Å². The molecule has 1 atom stereocenters. The van der Waals surface area contributed by atoms with Crippen LogP contribution in [-0.2, 0) is 6.42 Å². The first-order chi connectivity index (χ1) is 9.65. The summed E-state index contributed by atoms with van der Waals surface area (Å²) in [6.45, 7) is 0. The second kappa shape index (κ2) is 6.68. The van der Waals surface area contributed by atoms with Gasteiger partial charge >= 0.3 is 0 Å². The van der Waals surface area contributed by atoms with Gasteiger partial charge in [0, 0.05) is 22.8 Å². The third kappa shape index (κ3) is 3.26. The quantitative estimate of drug-likeness (QED) is 0.918. The smallest absolute Gasteiger partial charge is 0.217 e. The Kier molecular flexibility index (Phi) is 4.93. The highest BCUT2D eigenvalue weighted by molar-refractivity contribution is 6.30. The summed E-state index contributed by atoms with van der Waals surface area (Å²) in [4.78, 5) is 4.17. The molecule has 1 heterocycles. The highest BCUT2D eigenvalue weighted by atomic mass is 35.5. The minimum absolute atomic E-state index is 0.105. The van der Waals surface area contributed by atoms with Gasteiger partial charge in [0.25, 0.3) is 0 Å². The van der Waals surface area contributed by atoms with Crippen molar-refractivity contribution in [2.45, 2.75) is 12.5 Å². The molecule has 0 aliphatic heterocycles. The van der Waals surface area contributed by atoms with Crippen molar-refractivity contribution in [1.82, 2.24) is 10.3 Å². The SMILES string of the molecule is CNC(Cc1cc(Cl)ccc1F)c1cccnc1OC. The van der Waals surface area contributed by atoms with Crippen LogP contribution in [0.3, 0.4) is 0 Å². The van der Waals surface area contributed by atoms with E-state index < -0.39 is 0 Å². The number of hydrogen-bond donors (Lipinski definition) is 1. The molecule has 106 valence electrons. The van der Waals surface area contributed by atoms with Crippen molar-refractivity contribution >= 4 is 11.6 Å². The van der Waals surface area contributed by atoms with Crippen molar-refractivity contribution in [3.63, 3.8) is 0 Å². The molecule has 1 aromatic heterocycles. The van der Waals surface area contributed by atoms with Crippen LogP contribution in [0.4, 0.5) is 4.39 Å². The molecule has 0 bridgehead atoms. The number of nitrogens with one attached hydrogen (secondary N) is 1. The Morgan fingerprint density at radius 3 is 2.90 bits per heavy atom. The van der Waals surface area contributed by atoms with Gasteiger partial charge < -0.3 is 10.1 Å². The van der Waals surface area contributed by atoms with E-state index in [1.54, 1.807) is 25.4 Å². The molecule has 2 aromatic rings. The lowest BCUT2D eigenvalue weighted by atomic mass is 9.99. The summed E-state index contributed by atoms with van der Waals surface area (Å²) < 4.78 is 19.1. The van der Waals surface area contributed by atoms with Crippen LogP contribution in [0.25, 0.3) is 0 Å². The Hall–Kier alpha value is -1.65. The molecule has 2 rings (SSSR count). The van der Waals surface area contributed by atoms with Gasteiger partial charge in [0.15, 0.2) is 0 Å². The predicted molar refractivity (Wildman–Crippen MR) is 77.7 cm³/mol. The van der Waals surface area contributed by atoms with Gasteiger partial charge in [0.1, 0.15) is 5.82 Å². The second-order valence-electron chi connectivity index (χ2n) is 4.38. The summed E-state index contributed by atoms with van der Waals surface area (Å²) in [5.41, 5.74) is 1.44. The van der Waals surface area contributed by atoms with Gasteiger partial charge in [-0.25, -0.2) is 9.37 Å². The van der Waals surface area contributed by atoms with Crippen LogP contribution in [-0.4, -0.2) is 19.1 Å². The molecule has 0 aliphatic rings. The van der Waals surface area contributed by atoms with Crippen molar-refractivity contribution in [3.8, 4) is 5.88 Å². The molecule has 0 spiro atoms. The number of rotatable bonds is 5. The van der Waals surface area contributed by atoms with Gasteiger partial charge in [-0.15, -0.1) is 0 Å². The predicted octanol–water partition coefficient (Wildman–Crippen LogP) is 3.39. The van der Waals surface area contributed by atoms with E-state index in [1.165, 1.54) is 6.07 Å². The van der Waals surface area contributed by atoms with Crippen LogP contribution in [0.5, 0.6) is 5.88 Å². The zero-order valence-corrected chi connectivity index (χ0v) is 12.1. The van der Waals surface area contributed by atoms with E-state index in [0.29, 0.717) is 22.9 Å². The highest BCUT2D eigenvalue weighted by Crippen LogP contribution is 2.27. The van der Waals surface area contributed by atoms with E-state index >= 15 is 0 Å². The Morgan fingerprint density at radius 2 is 2.20 bits per heavy atom. The molecule has 20 heavy (non-hydrogen) atoms. The standard InChI is InChI=1S/C15H16ClFN2O/c1-18-14(12-4-3-7-19-15(12)20-2)9-10-8-11(16)5-6-13(10)17/h3-8,14,18H,9H2,1-2H3. The molecular weight excluding hydrogens is 279 g/mol. The molecule has 0 amide bonds. The summed E-state index contributed by atoms with van der Waals surface area (Å²) >= 11 is 5.92. The number of hydrogen-bond acceptors (Lipinski definition) is 3. The first-order valence-electron chi connectivity index (χ1n) is 6.25. The lowest BCUT2D eigenvalue weighted by Crippen LogP contribution is -2.20. The number of ether oxygens (including phenoxy) is 1. The normalized spacial score (nSPS) is 12.2. The van der Waals surface area contributed by atoms with Gasteiger partial charge in [-0.1, -0.05) is 17.7 Å². The van der Waals surface area contributed by atoms with E-state index in [1.807, 2.05) is 19.2 Å². The van der Waals surface area contributed by atoms with Crippen molar-refractivity contribution in [2.75, 3.05) is 14.2 Å². The highest BCUT2D eigenvalue weighted by Gasteiger charge is 2.17. The van der Waals surface area contributed by atoms with Crippen molar-refractivity contribution in [3.05, 3.63) is 58.5 Å². The number of likely N-dealkylation sites (N-methyl/N-ethyl adjacent to an activating group) is 1. The summed E-state index contributed by atoms with van der Waals surface area (Å²) in [7, 11) is 3.39. The van der Waals surface area contributed by atoms with E-state index in [9.17, 15) is 4.39 Å². The maximum absolute atomic E-state index is 13.8. The molecule has 0 saturated carbocycles. The maximum Gasteiger partial charge on any atom is 0.217 e. The molecular formula is C15H16ClFN2O. The van der Waals surface area contributed by atoms with E-state index in [4.69, 9.17) is 16.3 Å². The molecule has 0 aliphatic carbocycles. The van der Waals surface area contributed by atoms with E-state index in [0.717, 1.165) is 5.56 Å². The van der Waals surface area contributed by atoms with Gasteiger partial charge in [-0.3, -0.25) is 0 Å². The summed E-state index contributed by atoms with van der Waals surface area (Å²) in [5, 5.41) is 3.68. The van der Waals surface area contributed by atoms with Gasteiger partial charge in [0.2, 0.25) is 5.88 Å². The zero-order valence-electron chi connectivity index (χ0n) is 11.4. The van der Waals surface area contributed by atoms with Crippen LogP contribution in [0.1, 0.15) is 17.2 Å². The number of methoxy groups -OCH3 is 1. The third-order valence-electron chi connectivity index (χ3n) is 3.15. The van der Waals surface area contributed by atoms with Crippen molar-refractivity contribution in [2.24, 2.45) is 0 Å². The average Bonchev–Trinajstić information content (AvgIpc) is 2.48. The van der Waals surface area contributed by atoms with Crippen molar-refractivity contribution in [1.29, 1.82) is 0 Å². The molecule has 0 radical (unpaired) electrons. The Bertz CT molecular complexity index is 592. The number of nitrogens with zero attached hydrogens (tertiary/aromatic N) is 1. The molecule has 0 fully saturated rings. The number of aromatic nitrogens is 1. The zero-order chi connectivity index (χ0) is 14.5. The van der Waals surface area contributed by atoms with Crippen LogP contribution >= 0.6 is 11.6 Å². The first-order valence-corrected chi connectivity index (χ1v) is 6.63. The van der Waals surface area contributed by atoms with Gasteiger partial charge in [0.05, 0.1) is 7.11 Å². The van der Waals surface area contributed by atoms with E-state index in [-0.39, 0.29) is 11.9 Å². The van der Waals surface area contributed by atoms with Crippen LogP contribution < -0.4 is 10.1 Å². The monoisotopic (exact) mass is 294 g/mol. The maximum atomic E-state index is 13.8. The topological polar surface area (TPSA) is 34.2 Å². The lowest BCUT2D eigenvalue weighted by Gasteiger charge is -2.19. The van der Waals surface area contributed by atoms with Crippen LogP contribution in [0, 0.1) is 5.82 Å². The Morgan fingerprint density at radius 1 is 1.40 bits per heavy atom. The molecule has 1 unspecified atom stereocenters. The first kappa shape index (κ1) is 14.8. The molecule has 0 saturated heterocycles. The minimum Gasteiger partial charge on any atom is -0.481 e. The largest absolute Gasteiger partial charge is 0.481 e. The average molecular weight is 295 g/mol. The summed E-state index contributed by atoms with van der Waals surface area (Å²) in [6.07, 6.45) is 2.12. The fourth-order valence-corrected chi connectivity index (χ4v) is 2.32. The number of halogens is 2. The molecule has 1 aromatic carbocycles. The van der Waals surface area contributed by atoms with Crippen LogP contribution in [0.15, 0.2) is 36.5 Å². The van der Waals surface area contributed by atoms with E-state index in [2.05, 4.69) is 10.3 Å². The Balaban J connectivity index is 2.31. The Labute approximate surface area is 122 Å². The summed E-state index contributed by atoms with van der Waals surface area (Å²) in [6, 6.07) is 8.20. The lowest BCUT2D eigenvalue weighted by molar-refractivity contribution is 0.384. The molecule has 3 nitrogen and oxygen atoms in total. The third-order valence-corrected chi connectivity index (χ3v) is 3.38. The van der Waals surface area contributed by atoms with Gasteiger partial charge in [-0.05, 0) is 43.3 Å². The fourth-order valence-electron chi connectivity index (χ4n) is 2.13. The fraction of sp³-hybridized carbons (Fsp3) is 0.267. The van der Waals surface area contributed by atoms with Crippen LogP contribution in [0.2, 0.25) is 5.02 Å². The minimum atomic E-state index is -0.266. The molecule has 1 N–H and O–H groups in total. The molecule has 5 heteroatoms. The second-order valence-corrected chi connectivity index (χ2v) is 4.82. The number of pyridine rings is 1. The van der Waals surface area contributed by atoms with Crippen molar-refractivity contribution < 1.29 is 9.13 Å². The number of benzene rings is 1. The summed E-state index contributed by atoms with van der Waals surface area (Å²) in [5.74, 6) is 0.270.